The number of ether oxygens (including phenoxy) is 6. The van der Waals surface area contributed by atoms with Gasteiger partial charge in [-0.1, -0.05) is 82.8 Å². The van der Waals surface area contributed by atoms with E-state index in [0.717, 1.165) is 22.6 Å². The summed E-state index contributed by atoms with van der Waals surface area (Å²) in [6.45, 7) is 17.6. The van der Waals surface area contributed by atoms with Crippen LogP contribution in [0.3, 0.4) is 0 Å². The van der Waals surface area contributed by atoms with E-state index in [9.17, 15) is 9.90 Å². The highest BCUT2D eigenvalue weighted by Crippen LogP contribution is 2.30. The molecule has 1 N–H and O–H groups in total. The van der Waals surface area contributed by atoms with Crippen molar-refractivity contribution in [3.63, 3.8) is 0 Å². The number of ketones is 1. The van der Waals surface area contributed by atoms with Crippen LogP contribution in [0.25, 0.3) is 0 Å². The van der Waals surface area contributed by atoms with E-state index in [2.05, 4.69) is 64.0 Å². The molecule has 8 nitrogen and oxygen atoms in total. The number of aliphatic hydroxyl groups is 1. The van der Waals surface area contributed by atoms with Crippen molar-refractivity contribution < 1.29 is 38.3 Å². The van der Waals surface area contributed by atoms with Gasteiger partial charge in [-0.25, -0.2) is 0 Å². The molecule has 0 aromatic heterocycles. The predicted octanol–water partition coefficient (Wildman–Crippen LogP) is 7.91. The highest BCUT2D eigenvalue weighted by molar-refractivity contribution is 6.83. The largest absolute Gasteiger partial charge is 0.497 e. The average Bonchev–Trinajstić information content (AvgIpc) is 3.04. The van der Waals surface area contributed by atoms with Crippen molar-refractivity contribution in [3.8, 4) is 23.0 Å². The zero-order chi connectivity index (χ0) is 36.9. The Kier molecular flexibility index (Phi) is 16.2. The van der Waals surface area contributed by atoms with E-state index < -0.39 is 26.1 Å². The molecule has 3 rings (SSSR count). The first-order chi connectivity index (χ1) is 23.6. The fourth-order valence-electron chi connectivity index (χ4n) is 5.98. The number of hydrogen-bond donors (Lipinski definition) is 1. The van der Waals surface area contributed by atoms with E-state index in [0.29, 0.717) is 25.6 Å². The van der Waals surface area contributed by atoms with Gasteiger partial charge in [0.1, 0.15) is 31.5 Å². The molecule has 0 unspecified atom stereocenters. The van der Waals surface area contributed by atoms with Gasteiger partial charge in [-0.3, -0.25) is 4.79 Å². The number of carbonyl (C=O) groups is 1. The molecule has 50 heavy (non-hydrogen) atoms. The van der Waals surface area contributed by atoms with Gasteiger partial charge in [-0.2, -0.15) is 0 Å². The maximum absolute atomic E-state index is 13.2. The first kappa shape index (κ1) is 41.4. The Morgan fingerprint density at radius 1 is 0.940 bits per heavy atom. The second-order valence-corrected chi connectivity index (χ2v) is 19.9. The van der Waals surface area contributed by atoms with Gasteiger partial charge in [0.05, 0.1) is 51.8 Å². The van der Waals surface area contributed by atoms with Crippen LogP contribution in [0.4, 0.5) is 0 Å². The summed E-state index contributed by atoms with van der Waals surface area (Å²) in [6.07, 6.45) is 3.33. The lowest BCUT2D eigenvalue weighted by Crippen LogP contribution is -2.44. The molecule has 1 aliphatic rings. The molecule has 2 aromatic rings. The standard InChI is InChI=1S/C41H60O8Si/c1-29(2)40(47-28-32-14-19-36(45-7)20-15-32)30(3)11-16-38-26-39(49-41(4,5)48-38)25-34(43)23-33(42)24-37(21-22-50(8,9)10)46-27-31-12-17-35(44-6)18-13-31/h11-20,29-30,33,37-40,42H,23-28H2,1-10H3/b16-11+/t30-,33+,37+,38-,39+,40-/m0/s1. The highest BCUT2D eigenvalue weighted by atomic mass is 28.3. The van der Waals surface area contributed by atoms with Crippen LogP contribution in [0.2, 0.25) is 19.6 Å². The molecule has 0 bridgehead atoms. The van der Waals surface area contributed by atoms with Gasteiger partial charge < -0.3 is 33.5 Å². The molecule has 9 heteroatoms. The summed E-state index contributed by atoms with van der Waals surface area (Å²) in [7, 11) is 1.62. The molecule has 1 heterocycles. The Balaban J connectivity index is 1.56. The maximum Gasteiger partial charge on any atom is 0.163 e. The van der Waals surface area contributed by atoms with Crippen LogP contribution in [0.1, 0.15) is 71.4 Å². The smallest absolute Gasteiger partial charge is 0.163 e. The normalized spacial score (nSPS) is 20.1. The van der Waals surface area contributed by atoms with Gasteiger partial charge in [-0.05, 0) is 55.2 Å². The number of Topliss-reactive ketones (excluding diaryl/α,β-unsaturated/α-hetero) is 1. The Bertz CT molecular complexity index is 1400. The molecule has 0 spiro atoms. The third kappa shape index (κ3) is 15.1. The van der Waals surface area contributed by atoms with Crippen LogP contribution in [-0.2, 0) is 37.0 Å². The Morgan fingerprint density at radius 3 is 2.02 bits per heavy atom. The number of aliphatic hydroxyl groups excluding tert-OH is 1. The maximum atomic E-state index is 13.2. The van der Waals surface area contributed by atoms with Crippen molar-refractivity contribution in [1.82, 2.24) is 0 Å². The average molecular weight is 709 g/mol. The molecule has 1 fully saturated rings. The van der Waals surface area contributed by atoms with E-state index in [4.69, 9.17) is 28.4 Å². The number of carbonyl (C=O) groups excluding carboxylic acids is 1. The number of hydrogen-bond acceptors (Lipinski definition) is 8. The van der Waals surface area contributed by atoms with Gasteiger partial charge in [0.25, 0.3) is 0 Å². The summed E-state index contributed by atoms with van der Waals surface area (Å²) in [4.78, 5) is 13.2. The monoisotopic (exact) mass is 708 g/mol. The number of benzene rings is 2. The summed E-state index contributed by atoms with van der Waals surface area (Å²) in [6, 6.07) is 15.6. The highest BCUT2D eigenvalue weighted by Gasteiger charge is 2.36. The van der Waals surface area contributed by atoms with Gasteiger partial charge in [0.2, 0.25) is 0 Å². The summed E-state index contributed by atoms with van der Waals surface area (Å²) < 4.78 is 35.4. The van der Waals surface area contributed by atoms with E-state index in [1.165, 1.54) is 0 Å². The van der Waals surface area contributed by atoms with Gasteiger partial charge in [0.15, 0.2) is 5.79 Å². The van der Waals surface area contributed by atoms with Crippen LogP contribution < -0.4 is 9.47 Å². The van der Waals surface area contributed by atoms with E-state index in [1.54, 1.807) is 14.2 Å². The van der Waals surface area contributed by atoms with Gasteiger partial charge >= 0.3 is 0 Å². The lowest BCUT2D eigenvalue weighted by atomic mass is 9.93. The zero-order valence-electron chi connectivity index (χ0n) is 31.9. The second kappa shape index (κ2) is 19.6. The molecule has 0 radical (unpaired) electrons. The lowest BCUT2D eigenvalue weighted by Gasteiger charge is -2.40. The lowest BCUT2D eigenvalue weighted by molar-refractivity contribution is -0.289. The second-order valence-electron chi connectivity index (χ2n) is 15.1. The van der Waals surface area contributed by atoms with Crippen LogP contribution in [0.15, 0.2) is 60.7 Å². The molecule has 6 atom stereocenters. The van der Waals surface area contributed by atoms with Crippen LogP contribution in [0.5, 0.6) is 11.5 Å². The van der Waals surface area contributed by atoms with Crippen molar-refractivity contribution in [3.05, 3.63) is 71.8 Å². The molecule has 1 saturated heterocycles. The summed E-state index contributed by atoms with van der Waals surface area (Å²) in [5.41, 5.74) is 5.44. The molecular weight excluding hydrogens is 649 g/mol. The molecule has 1 aliphatic heterocycles. The quantitative estimate of drug-likeness (QED) is 0.0949. The minimum absolute atomic E-state index is 0.0112. The number of rotatable bonds is 18. The molecule has 0 amide bonds. The third-order valence-corrected chi connectivity index (χ3v) is 9.30. The van der Waals surface area contributed by atoms with Crippen LogP contribution in [0, 0.1) is 23.3 Å². The molecule has 0 aliphatic carbocycles. The van der Waals surface area contributed by atoms with Crippen LogP contribution in [-0.4, -0.2) is 69.5 Å². The molecular formula is C41H60O8Si. The van der Waals surface area contributed by atoms with E-state index >= 15 is 0 Å². The van der Waals surface area contributed by atoms with Gasteiger partial charge in [0, 0.05) is 31.6 Å². The van der Waals surface area contributed by atoms with Gasteiger partial charge in [-0.15, -0.1) is 5.54 Å². The topological polar surface area (TPSA) is 92.7 Å². The first-order valence-corrected chi connectivity index (χ1v) is 21.3. The molecule has 276 valence electrons. The fraction of sp³-hybridized carbons (Fsp3) is 0.585. The minimum atomic E-state index is -1.67. The van der Waals surface area contributed by atoms with Crippen LogP contribution >= 0.6 is 0 Å². The van der Waals surface area contributed by atoms with Crippen molar-refractivity contribution in [2.75, 3.05) is 14.2 Å². The Hall–Kier alpha value is -2.97. The predicted molar refractivity (Wildman–Crippen MR) is 201 cm³/mol. The molecule has 2 aromatic carbocycles. The first-order valence-electron chi connectivity index (χ1n) is 17.8. The summed E-state index contributed by atoms with van der Waals surface area (Å²) >= 11 is 0. The fourth-order valence-corrected chi connectivity index (χ4v) is 6.57. The SMILES string of the molecule is COc1ccc(CO[C@H](C#C[Si](C)(C)C)C[C@H](O)CC(=O)C[C@@H]2C[C@H](/C=C/[C@H](C)[C@@H](OCc3ccc(OC)cc3)C(C)C)OC(C)(C)O2)cc1. The Labute approximate surface area is 301 Å². The Morgan fingerprint density at radius 2 is 1.50 bits per heavy atom. The van der Waals surface area contributed by atoms with Crippen molar-refractivity contribution in [2.45, 2.75) is 129 Å². The molecule has 0 saturated carbocycles. The zero-order valence-corrected chi connectivity index (χ0v) is 32.9. The van der Waals surface area contributed by atoms with Crippen molar-refractivity contribution in [2.24, 2.45) is 11.8 Å². The number of methoxy groups -OCH3 is 2. The summed E-state index contributed by atoms with van der Waals surface area (Å²) in [5, 5.41) is 11.0. The van der Waals surface area contributed by atoms with Crippen molar-refractivity contribution >= 4 is 13.9 Å². The summed E-state index contributed by atoms with van der Waals surface area (Å²) in [5.74, 6) is 4.38. The van der Waals surface area contributed by atoms with E-state index in [-0.39, 0.29) is 49.3 Å². The minimum Gasteiger partial charge on any atom is -0.497 e. The van der Waals surface area contributed by atoms with E-state index in [1.807, 2.05) is 62.4 Å². The third-order valence-electron chi connectivity index (χ3n) is 8.41. The van der Waals surface area contributed by atoms with Crippen molar-refractivity contribution in [1.29, 1.82) is 0 Å².